The van der Waals surface area contributed by atoms with E-state index >= 15 is 0 Å². The van der Waals surface area contributed by atoms with Gasteiger partial charge in [-0.15, -0.1) is 0 Å². The number of aromatic nitrogens is 3. The summed E-state index contributed by atoms with van der Waals surface area (Å²) in [5.74, 6) is 0.0240. The van der Waals surface area contributed by atoms with Crippen LogP contribution in [0, 0.1) is 6.92 Å². The van der Waals surface area contributed by atoms with Crippen molar-refractivity contribution in [2.45, 2.75) is 13.1 Å². The van der Waals surface area contributed by atoms with Crippen LogP contribution in [-0.4, -0.2) is 20.7 Å². The molecule has 0 fully saturated rings. The highest BCUT2D eigenvalue weighted by Crippen LogP contribution is 2.34. The zero-order chi connectivity index (χ0) is 22.9. The van der Waals surface area contributed by atoms with Crippen molar-refractivity contribution in [1.29, 1.82) is 0 Å². The van der Waals surface area contributed by atoms with Crippen molar-refractivity contribution in [1.82, 2.24) is 14.8 Å². The van der Waals surface area contributed by atoms with Crippen molar-refractivity contribution in [2.24, 2.45) is 0 Å². The van der Waals surface area contributed by atoms with Gasteiger partial charge in [0, 0.05) is 16.8 Å². The third-order valence-electron chi connectivity index (χ3n) is 4.65. The van der Waals surface area contributed by atoms with Gasteiger partial charge < -0.3 is 5.32 Å². The predicted molar refractivity (Wildman–Crippen MR) is 116 cm³/mol. The van der Waals surface area contributed by atoms with Crippen molar-refractivity contribution in [3.05, 3.63) is 94.8 Å². The Labute approximate surface area is 186 Å². The maximum absolute atomic E-state index is 13.4. The molecule has 0 aliphatic rings. The highest BCUT2D eigenvalue weighted by atomic mass is 35.5. The summed E-state index contributed by atoms with van der Waals surface area (Å²) in [6.07, 6.45) is -4.62. The third-order valence-corrected chi connectivity index (χ3v) is 4.97. The second kappa shape index (κ2) is 8.47. The van der Waals surface area contributed by atoms with Crippen LogP contribution in [0.4, 0.5) is 19.0 Å². The predicted octanol–water partition coefficient (Wildman–Crippen LogP) is 6.17. The zero-order valence-corrected chi connectivity index (χ0v) is 17.4. The number of carbonyl (C=O) groups is 1. The summed E-state index contributed by atoms with van der Waals surface area (Å²) in [5.41, 5.74) is 0.992. The fraction of sp³-hybridized carbons (Fsp3) is 0.0870. The molecule has 2 aromatic carbocycles. The summed E-state index contributed by atoms with van der Waals surface area (Å²) in [6.45, 7) is 1.81. The molecule has 0 atom stereocenters. The number of pyridine rings is 1. The van der Waals surface area contributed by atoms with E-state index < -0.39 is 11.9 Å². The number of hydrogen-bond donors (Lipinski definition) is 1. The lowest BCUT2D eigenvalue weighted by molar-refractivity contribution is -0.141. The maximum Gasteiger partial charge on any atom is 0.435 e. The number of anilines is 1. The Balaban J connectivity index is 1.68. The van der Waals surface area contributed by atoms with E-state index in [2.05, 4.69) is 15.4 Å². The molecule has 4 aromatic rings. The number of rotatable bonds is 4. The minimum absolute atomic E-state index is 0.192. The van der Waals surface area contributed by atoms with Gasteiger partial charge in [-0.2, -0.15) is 18.3 Å². The highest BCUT2D eigenvalue weighted by molar-refractivity contribution is 6.32. The average molecular weight is 457 g/mol. The highest BCUT2D eigenvalue weighted by Gasteiger charge is 2.35. The van der Waals surface area contributed by atoms with Crippen LogP contribution in [0.15, 0.2) is 72.8 Å². The summed E-state index contributed by atoms with van der Waals surface area (Å²) in [7, 11) is 0. The molecule has 1 amide bonds. The van der Waals surface area contributed by atoms with E-state index in [9.17, 15) is 18.0 Å². The second-order valence-corrected chi connectivity index (χ2v) is 7.38. The van der Waals surface area contributed by atoms with Crippen LogP contribution in [0.2, 0.25) is 5.02 Å². The number of halogens is 4. The van der Waals surface area contributed by atoms with Crippen LogP contribution in [0.5, 0.6) is 0 Å². The number of carbonyl (C=O) groups excluding carboxylic acids is 1. The molecule has 0 spiro atoms. The number of benzene rings is 2. The van der Waals surface area contributed by atoms with Crippen LogP contribution in [0.25, 0.3) is 16.9 Å². The first-order chi connectivity index (χ1) is 15.2. The zero-order valence-electron chi connectivity index (χ0n) is 16.7. The quantitative estimate of drug-likeness (QED) is 0.399. The molecule has 0 bridgehead atoms. The Morgan fingerprint density at radius 3 is 2.38 bits per heavy atom. The standard InChI is InChI=1S/C23H16ClF3N4O/c1-14-5-4-8-21(28-14)29-22(32)16-11-9-15(10-12-16)19-13-20(23(25,26)27)30-31(19)18-7-3-2-6-17(18)24/h2-13H,1H3,(H,28,29,32). The Morgan fingerprint density at radius 1 is 1.00 bits per heavy atom. The first kappa shape index (κ1) is 21.6. The number of para-hydroxylation sites is 1. The molecule has 5 nitrogen and oxygen atoms in total. The number of nitrogens with zero attached hydrogens (tertiary/aromatic N) is 3. The smallest absolute Gasteiger partial charge is 0.307 e. The lowest BCUT2D eigenvalue weighted by Gasteiger charge is -2.10. The van der Waals surface area contributed by atoms with Gasteiger partial charge in [0.15, 0.2) is 5.69 Å². The first-order valence-corrected chi connectivity index (χ1v) is 9.88. The van der Waals surface area contributed by atoms with E-state index in [4.69, 9.17) is 11.6 Å². The molecule has 0 aliphatic carbocycles. The van der Waals surface area contributed by atoms with Crippen LogP contribution >= 0.6 is 11.6 Å². The lowest BCUT2D eigenvalue weighted by atomic mass is 10.1. The minimum atomic E-state index is -4.62. The van der Waals surface area contributed by atoms with E-state index in [-0.39, 0.29) is 16.6 Å². The molecule has 1 N–H and O–H groups in total. The van der Waals surface area contributed by atoms with Gasteiger partial charge in [0.25, 0.3) is 5.91 Å². The van der Waals surface area contributed by atoms with Gasteiger partial charge in [0.1, 0.15) is 5.82 Å². The minimum Gasteiger partial charge on any atom is -0.307 e. The largest absolute Gasteiger partial charge is 0.435 e. The van der Waals surface area contributed by atoms with Gasteiger partial charge in [-0.05, 0) is 49.4 Å². The fourth-order valence-corrected chi connectivity index (χ4v) is 3.34. The molecule has 32 heavy (non-hydrogen) atoms. The summed E-state index contributed by atoms with van der Waals surface area (Å²) < 4.78 is 41.2. The Hall–Kier alpha value is -3.65. The summed E-state index contributed by atoms with van der Waals surface area (Å²) in [6, 6.07) is 18.9. The molecule has 0 radical (unpaired) electrons. The normalized spacial score (nSPS) is 11.4. The number of hydrogen-bond acceptors (Lipinski definition) is 3. The van der Waals surface area contributed by atoms with E-state index in [0.717, 1.165) is 16.4 Å². The van der Waals surface area contributed by atoms with Gasteiger partial charge in [-0.25, -0.2) is 9.67 Å². The molecular formula is C23H16ClF3N4O. The molecule has 2 heterocycles. The summed E-state index contributed by atoms with van der Waals surface area (Å²) in [5, 5.41) is 6.68. The molecule has 0 saturated carbocycles. The Bertz CT molecular complexity index is 1280. The summed E-state index contributed by atoms with van der Waals surface area (Å²) in [4.78, 5) is 16.7. The molecule has 0 aliphatic heterocycles. The molecule has 0 unspecified atom stereocenters. The molecule has 2 aromatic heterocycles. The SMILES string of the molecule is Cc1cccc(NC(=O)c2ccc(-c3cc(C(F)(F)F)nn3-c3ccccc3Cl)cc2)n1. The Morgan fingerprint density at radius 2 is 1.72 bits per heavy atom. The number of nitrogens with one attached hydrogen (secondary N) is 1. The first-order valence-electron chi connectivity index (χ1n) is 9.50. The van der Waals surface area contributed by atoms with E-state index in [0.29, 0.717) is 22.6 Å². The van der Waals surface area contributed by atoms with E-state index in [1.165, 1.54) is 12.1 Å². The van der Waals surface area contributed by atoms with Crippen molar-refractivity contribution in [2.75, 3.05) is 5.32 Å². The number of aryl methyl sites for hydroxylation is 1. The van der Waals surface area contributed by atoms with Crippen LogP contribution in [0.1, 0.15) is 21.7 Å². The van der Waals surface area contributed by atoms with Crippen molar-refractivity contribution < 1.29 is 18.0 Å². The molecule has 9 heteroatoms. The van der Waals surface area contributed by atoms with Crippen LogP contribution in [-0.2, 0) is 6.18 Å². The van der Waals surface area contributed by atoms with Gasteiger partial charge in [-0.3, -0.25) is 4.79 Å². The molecule has 4 rings (SSSR count). The third kappa shape index (κ3) is 4.50. The van der Waals surface area contributed by atoms with Gasteiger partial charge in [0.05, 0.1) is 16.4 Å². The molecular weight excluding hydrogens is 441 g/mol. The van der Waals surface area contributed by atoms with Crippen LogP contribution in [0.3, 0.4) is 0 Å². The van der Waals surface area contributed by atoms with Gasteiger partial charge in [0.2, 0.25) is 0 Å². The lowest BCUT2D eigenvalue weighted by Crippen LogP contribution is -2.13. The topological polar surface area (TPSA) is 59.8 Å². The number of alkyl halides is 3. The summed E-state index contributed by atoms with van der Waals surface area (Å²) >= 11 is 6.20. The molecule has 162 valence electrons. The van der Waals surface area contributed by atoms with Gasteiger partial charge in [-0.1, -0.05) is 41.9 Å². The average Bonchev–Trinajstić information content (AvgIpc) is 3.20. The monoisotopic (exact) mass is 456 g/mol. The van der Waals surface area contributed by atoms with Gasteiger partial charge >= 0.3 is 6.18 Å². The van der Waals surface area contributed by atoms with Crippen molar-refractivity contribution in [3.8, 4) is 16.9 Å². The van der Waals surface area contributed by atoms with Crippen molar-refractivity contribution >= 4 is 23.3 Å². The Kier molecular flexibility index (Phi) is 5.71. The second-order valence-electron chi connectivity index (χ2n) is 6.97. The maximum atomic E-state index is 13.4. The molecule has 0 saturated heterocycles. The van der Waals surface area contributed by atoms with Crippen molar-refractivity contribution in [3.63, 3.8) is 0 Å². The van der Waals surface area contributed by atoms with E-state index in [1.807, 2.05) is 13.0 Å². The van der Waals surface area contributed by atoms with Crippen LogP contribution < -0.4 is 5.32 Å². The fourth-order valence-electron chi connectivity index (χ4n) is 3.13. The van der Waals surface area contributed by atoms with E-state index in [1.54, 1.807) is 48.5 Å². The number of amides is 1.